The van der Waals surface area contributed by atoms with E-state index < -0.39 is 0 Å². The molecule has 0 bridgehead atoms. The number of rotatable bonds is 3. The number of nitrogens with two attached hydrogens (primary N) is 1. The Hall–Kier alpha value is -2.28. The highest BCUT2D eigenvalue weighted by Crippen LogP contribution is 2.48. The summed E-state index contributed by atoms with van der Waals surface area (Å²) in [5, 5.41) is 9.26. The average Bonchev–Trinajstić information content (AvgIpc) is 3.36. The topological polar surface area (TPSA) is 67.6 Å². The molecule has 20 heavy (non-hydrogen) atoms. The number of imidazole rings is 1. The first-order chi connectivity index (χ1) is 9.79. The third kappa shape index (κ3) is 1.70. The van der Waals surface area contributed by atoms with E-state index in [4.69, 9.17) is 10.7 Å². The summed E-state index contributed by atoms with van der Waals surface area (Å²) in [4.78, 5) is 4.80. The number of nitriles is 1. The number of aromatic nitrogens is 2. The Morgan fingerprint density at radius 3 is 2.60 bits per heavy atom. The summed E-state index contributed by atoms with van der Waals surface area (Å²) in [5.74, 6) is 2.44. The first-order valence-corrected chi connectivity index (χ1v) is 7.16. The zero-order valence-corrected chi connectivity index (χ0v) is 11.2. The zero-order valence-electron chi connectivity index (χ0n) is 11.2. The lowest BCUT2D eigenvalue weighted by Gasteiger charge is -2.07. The van der Waals surface area contributed by atoms with Gasteiger partial charge in [0.05, 0.1) is 11.6 Å². The molecule has 2 aromatic rings. The van der Waals surface area contributed by atoms with Crippen molar-refractivity contribution in [2.24, 2.45) is 0 Å². The van der Waals surface area contributed by atoms with Crippen LogP contribution in [-0.2, 0) is 0 Å². The van der Waals surface area contributed by atoms with E-state index in [1.807, 2.05) is 24.3 Å². The van der Waals surface area contributed by atoms with Gasteiger partial charge in [-0.25, -0.2) is 4.98 Å². The Morgan fingerprint density at radius 2 is 1.95 bits per heavy atom. The van der Waals surface area contributed by atoms with Crippen LogP contribution in [0.2, 0.25) is 0 Å². The summed E-state index contributed by atoms with van der Waals surface area (Å²) < 4.78 is 2.22. The normalized spacial score (nSPS) is 17.9. The van der Waals surface area contributed by atoms with E-state index >= 15 is 0 Å². The molecule has 1 aromatic heterocycles. The van der Waals surface area contributed by atoms with Gasteiger partial charge in [0, 0.05) is 17.5 Å². The summed E-state index contributed by atoms with van der Waals surface area (Å²) >= 11 is 0. The van der Waals surface area contributed by atoms with Crippen molar-refractivity contribution in [3.8, 4) is 17.3 Å². The second-order valence-electron chi connectivity index (χ2n) is 5.74. The third-order valence-corrected chi connectivity index (χ3v) is 4.13. The SMILES string of the molecule is N#Cc1ccccc1-c1nc(C2CC2)n(C2CC2)c1N. The summed E-state index contributed by atoms with van der Waals surface area (Å²) in [6, 6.07) is 10.3. The van der Waals surface area contributed by atoms with Crippen LogP contribution in [0.3, 0.4) is 0 Å². The van der Waals surface area contributed by atoms with Crippen molar-refractivity contribution in [2.45, 2.75) is 37.6 Å². The number of benzene rings is 1. The molecule has 1 heterocycles. The Kier molecular flexibility index (Phi) is 2.37. The van der Waals surface area contributed by atoms with Crippen molar-refractivity contribution in [1.82, 2.24) is 9.55 Å². The molecule has 0 radical (unpaired) electrons. The van der Waals surface area contributed by atoms with Gasteiger partial charge in [-0.1, -0.05) is 18.2 Å². The van der Waals surface area contributed by atoms with Gasteiger partial charge in [0.1, 0.15) is 17.3 Å². The lowest BCUT2D eigenvalue weighted by molar-refractivity contribution is 0.691. The van der Waals surface area contributed by atoms with Crippen LogP contribution in [-0.4, -0.2) is 9.55 Å². The van der Waals surface area contributed by atoms with Gasteiger partial charge in [0.25, 0.3) is 0 Å². The van der Waals surface area contributed by atoms with Crippen LogP contribution in [0.15, 0.2) is 24.3 Å². The van der Waals surface area contributed by atoms with Gasteiger partial charge in [-0.3, -0.25) is 0 Å². The monoisotopic (exact) mass is 264 g/mol. The van der Waals surface area contributed by atoms with Crippen molar-refractivity contribution in [2.75, 3.05) is 5.73 Å². The second kappa shape index (κ2) is 4.11. The molecule has 2 fully saturated rings. The molecule has 2 N–H and O–H groups in total. The maximum Gasteiger partial charge on any atom is 0.132 e. The quantitative estimate of drug-likeness (QED) is 0.925. The van der Waals surface area contributed by atoms with Gasteiger partial charge < -0.3 is 10.3 Å². The van der Waals surface area contributed by atoms with E-state index in [9.17, 15) is 5.26 Å². The van der Waals surface area contributed by atoms with Crippen LogP contribution in [0.4, 0.5) is 5.82 Å². The lowest BCUT2D eigenvalue weighted by atomic mass is 10.1. The zero-order chi connectivity index (χ0) is 13.7. The number of nitrogens with zero attached hydrogens (tertiary/aromatic N) is 3. The maximum atomic E-state index is 9.26. The van der Waals surface area contributed by atoms with Gasteiger partial charge in [-0.15, -0.1) is 0 Å². The molecule has 4 rings (SSSR count). The predicted octanol–water partition coefficient (Wildman–Crippen LogP) is 3.22. The van der Waals surface area contributed by atoms with Crippen LogP contribution in [0, 0.1) is 11.3 Å². The van der Waals surface area contributed by atoms with Gasteiger partial charge in [-0.05, 0) is 31.7 Å². The maximum absolute atomic E-state index is 9.26. The minimum atomic E-state index is 0.529. The molecular formula is C16H16N4. The van der Waals surface area contributed by atoms with Crippen LogP contribution >= 0.6 is 0 Å². The summed E-state index contributed by atoms with van der Waals surface area (Å²) in [6.07, 6.45) is 4.81. The first kappa shape index (κ1) is 11.5. The van der Waals surface area contributed by atoms with Crippen molar-refractivity contribution >= 4 is 5.82 Å². The van der Waals surface area contributed by atoms with Crippen LogP contribution in [0.5, 0.6) is 0 Å². The first-order valence-electron chi connectivity index (χ1n) is 7.16. The number of anilines is 1. The number of hydrogen-bond acceptors (Lipinski definition) is 3. The lowest BCUT2D eigenvalue weighted by Crippen LogP contribution is -2.04. The fourth-order valence-electron chi connectivity index (χ4n) is 2.79. The smallest absolute Gasteiger partial charge is 0.132 e. The van der Waals surface area contributed by atoms with E-state index in [0.29, 0.717) is 17.5 Å². The molecule has 100 valence electrons. The summed E-state index contributed by atoms with van der Waals surface area (Å²) in [5.41, 5.74) is 8.64. The van der Waals surface area contributed by atoms with Crippen molar-refractivity contribution in [3.63, 3.8) is 0 Å². The Morgan fingerprint density at radius 1 is 1.20 bits per heavy atom. The highest BCUT2D eigenvalue weighted by molar-refractivity contribution is 5.76. The van der Waals surface area contributed by atoms with E-state index in [1.54, 1.807) is 0 Å². The van der Waals surface area contributed by atoms with E-state index in [0.717, 1.165) is 22.9 Å². The minimum Gasteiger partial charge on any atom is -0.383 e. The molecule has 2 aliphatic rings. The van der Waals surface area contributed by atoms with Gasteiger partial charge in [-0.2, -0.15) is 5.26 Å². The highest BCUT2D eigenvalue weighted by Gasteiger charge is 2.36. The summed E-state index contributed by atoms with van der Waals surface area (Å²) in [6.45, 7) is 0. The molecule has 0 spiro atoms. The predicted molar refractivity (Wildman–Crippen MR) is 77.0 cm³/mol. The Bertz CT molecular complexity index is 715. The largest absolute Gasteiger partial charge is 0.383 e. The van der Waals surface area contributed by atoms with Crippen molar-refractivity contribution in [1.29, 1.82) is 5.26 Å². The molecule has 0 saturated heterocycles. The molecule has 0 amide bonds. The average molecular weight is 264 g/mol. The van der Waals surface area contributed by atoms with Crippen molar-refractivity contribution < 1.29 is 0 Å². The van der Waals surface area contributed by atoms with Gasteiger partial charge in [0.15, 0.2) is 0 Å². The van der Waals surface area contributed by atoms with Crippen LogP contribution in [0.1, 0.15) is 49.0 Å². The minimum absolute atomic E-state index is 0.529. The fraction of sp³-hybridized carbons (Fsp3) is 0.375. The molecule has 0 atom stereocenters. The number of hydrogen-bond donors (Lipinski definition) is 1. The number of nitrogen functional groups attached to an aromatic ring is 1. The molecule has 2 saturated carbocycles. The Balaban J connectivity index is 1.90. The second-order valence-corrected chi connectivity index (χ2v) is 5.74. The van der Waals surface area contributed by atoms with Gasteiger partial charge in [0.2, 0.25) is 0 Å². The molecule has 4 nitrogen and oxygen atoms in total. The molecular weight excluding hydrogens is 248 g/mol. The van der Waals surface area contributed by atoms with Crippen molar-refractivity contribution in [3.05, 3.63) is 35.7 Å². The third-order valence-electron chi connectivity index (χ3n) is 4.13. The standard InChI is InChI=1S/C16H16N4/c17-9-11-3-1-2-4-13(11)14-15(18)20(12-7-8-12)16(19-14)10-5-6-10/h1-4,10,12H,5-8,18H2. The summed E-state index contributed by atoms with van der Waals surface area (Å²) in [7, 11) is 0. The molecule has 2 aliphatic carbocycles. The molecule has 1 aromatic carbocycles. The highest BCUT2D eigenvalue weighted by atomic mass is 15.2. The fourth-order valence-corrected chi connectivity index (χ4v) is 2.79. The van der Waals surface area contributed by atoms with Gasteiger partial charge >= 0.3 is 0 Å². The van der Waals surface area contributed by atoms with E-state index in [2.05, 4.69) is 10.6 Å². The Labute approximate surface area is 117 Å². The molecule has 0 unspecified atom stereocenters. The molecule has 0 aliphatic heterocycles. The van der Waals surface area contributed by atoms with E-state index in [-0.39, 0.29) is 0 Å². The van der Waals surface area contributed by atoms with E-state index in [1.165, 1.54) is 25.7 Å². The van der Waals surface area contributed by atoms with Crippen LogP contribution < -0.4 is 5.73 Å². The molecule has 4 heteroatoms. The van der Waals surface area contributed by atoms with Crippen LogP contribution in [0.25, 0.3) is 11.3 Å².